The monoisotopic (exact) mass is 415 g/mol. The van der Waals surface area contributed by atoms with E-state index in [1.807, 2.05) is 24.3 Å². The Morgan fingerprint density at radius 1 is 1.29 bits per heavy atom. The van der Waals surface area contributed by atoms with Crippen molar-refractivity contribution in [3.05, 3.63) is 34.3 Å². The Hall–Kier alpha value is -1.25. The Balaban J connectivity index is 1.93. The second kappa shape index (κ2) is 8.73. The third-order valence-corrected chi connectivity index (χ3v) is 5.79. The molecule has 0 bridgehead atoms. The average molecular weight is 416 g/mol. The number of benzene rings is 1. The molecule has 1 aromatic carbocycles. The highest BCUT2D eigenvalue weighted by Gasteiger charge is 2.29. The highest BCUT2D eigenvalue weighted by atomic mass is 79.9. The van der Waals surface area contributed by atoms with Crippen LogP contribution in [0.5, 0.6) is 0 Å². The quantitative estimate of drug-likeness (QED) is 0.572. The molecule has 0 unspecified atom stereocenters. The molecule has 0 saturated heterocycles. The van der Waals surface area contributed by atoms with Gasteiger partial charge in [0, 0.05) is 10.5 Å². The molecular weight excluding hydrogens is 394 g/mol. The zero-order valence-electron chi connectivity index (χ0n) is 13.6. The first-order valence-electron chi connectivity index (χ1n) is 7.90. The summed E-state index contributed by atoms with van der Waals surface area (Å²) in [5.74, 6) is -0.431. The zero-order valence-corrected chi connectivity index (χ0v) is 16.0. The minimum atomic E-state index is -3.43. The molecular formula is C16H22BrN3O3S. The summed E-state index contributed by atoms with van der Waals surface area (Å²) in [6, 6.07) is 7.36. The van der Waals surface area contributed by atoms with Gasteiger partial charge in [-0.2, -0.15) is 9.41 Å². The number of carbonyl (C=O) groups is 1. The van der Waals surface area contributed by atoms with Crippen molar-refractivity contribution in [2.45, 2.75) is 38.1 Å². The Bertz CT molecular complexity index is 683. The number of hydrazone groups is 1. The summed E-state index contributed by atoms with van der Waals surface area (Å²) in [6.07, 6.45) is 7.42. The summed E-state index contributed by atoms with van der Waals surface area (Å²) in [5.41, 5.74) is 3.24. The first-order chi connectivity index (χ1) is 11.4. The van der Waals surface area contributed by atoms with Crippen LogP contribution in [0.25, 0.3) is 0 Å². The van der Waals surface area contributed by atoms with Crippen LogP contribution in [0.3, 0.4) is 0 Å². The lowest BCUT2D eigenvalue weighted by molar-refractivity contribution is -0.121. The van der Waals surface area contributed by atoms with Gasteiger partial charge >= 0.3 is 0 Å². The molecule has 0 aliphatic heterocycles. The summed E-state index contributed by atoms with van der Waals surface area (Å²) in [5, 5.41) is 3.89. The van der Waals surface area contributed by atoms with Gasteiger partial charge in [0.25, 0.3) is 5.91 Å². The van der Waals surface area contributed by atoms with Gasteiger partial charge in [0.2, 0.25) is 10.0 Å². The number of hydrogen-bond donors (Lipinski definition) is 1. The van der Waals surface area contributed by atoms with Crippen LogP contribution in [-0.2, 0) is 14.8 Å². The third kappa shape index (κ3) is 5.99. The molecule has 1 aliphatic carbocycles. The van der Waals surface area contributed by atoms with E-state index in [1.54, 1.807) is 0 Å². The van der Waals surface area contributed by atoms with E-state index >= 15 is 0 Å². The standard InChI is InChI=1S/C16H22BrN3O3S/c1-24(22,23)20(15-5-3-2-4-6-15)12-16(21)19-18-11-13-7-9-14(17)10-8-13/h7-11,15H,2-6,12H2,1H3,(H,19,21)/b18-11+. The molecule has 0 heterocycles. The minimum absolute atomic E-state index is 0.0880. The number of nitrogens with zero attached hydrogens (tertiary/aromatic N) is 2. The molecule has 2 rings (SSSR count). The number of carbonyl (C=O) groups excluding carboxylic acids is 1. The number of hydrogen-bond acceptors (Lipinski definition) is 4. The van der Waals surface area contributed by atoms with Crippen LogP contribution in [0.1, 0.15) is 37.7 Å². The van der Waals surface area contributed by atoms with E-state index in [4.69, 9.17) is 0 Å². The van der Waals surface area contributed by atoms with E-state index < -0.39 is 15.9 Å². The molecule has 1 N–H and O–H groups in total. The first-order valence-corrected chi connectivity index (χ1v) is 10.5. The Labute approximate surface area is 151 Å². The van der Waals surface area contributed by atoms with Gasteiger partial charge in [0.15, 0.2) is 0 Å². The van der Waals surface area contributed by atoms with Gasteiger partial charge in [-0.3, -0.25) is 4.79 Å². The van der Waals surface area contributed by atoms with Crippen molar-refractivity contribution in [3.63, 3.8) is 0 Å². The van der Waals surface area contributed by atoms with Crippen molar-refractivity contribution < 1.29 is 13.2 Å². The molecule has 1 aliphatic rings. The van der Waals surface area contributed by atoms with Gasteiger partial charge in [0.05, 0.1) is 19.0 Å². The second-order valence-corrected chi connectivity index (χ2v) is 8.80. The Morgan fingerprint density at radius 3 is 2.50 bits per heavy atom. The lowest BCUT2D eigenvalue weighted by Gasteiger charge is -2.31. The van der Waals surface area contributed by atoms with Crippen LogP contribution in [0.15, 0.2) is 33.8 Å². The summed E-state index contributed by atoms with van der Waals surface area (Å²) < 4.78 is 26.3. The largest absolute Gasteiger partial charge is 0.272 e. The molecule has 0 aromatic heterocycles. The van der Waals surface area contributed by atoms with Crippen LogP contribution in [0.2, 0.25) is 0 Å². The van der Waals surface area contributed by atoms with Crippen molar-refractivity contribution >= 4 is 38.1 Å². The molecule has 8 heteroatoms. The molecule has 132 valence electrons. The van der Waals surface area contributed by atoms with E-state index in [0.29, 0.717) is 0 Å². The fourth-order valence-electron chi connectivity index (χ4n) is 2.79. The average Bonchev–Trinajstić information content (AvgIpc) is 2.54. The number of amides is 1. The van der Waals surface area contributed by atoms with E-state index in [2.05, 4.69) is 26.5 Å². The third-order valence-electron chi connectivity index (χ3n) is 3.98. The predicted octanol–water partition coefficient (Wildman–Crippen LogP) is 2.49. The SMILES string of the molecule is CS(=O)(=O)N(CC(=O)N/N=C/c1ccc(Br)cc1)C1CCCCC1. The Kier molecular flexibility index (Phi) is 6.94. The van der Waals surface area contributed by atoms with E-state index in [9.17, 15) is 13.2 Å². The maximum atomic E-state index is 12.0. The van der Waals surface area contributed by atoms with Gasteiger partial charge in [0.1, 0.15) is 0 Å². The normalized spacial score (nSPS) is 16.6. The van der Waals surface area contributed by atoms with E-state index in [0.717, 1.165) is 48.4 Å². The fraction of sp³-hybridized carbons (Fsp3) is 0.500. The molecule has 0 atom stereocenters. The summed E-state index contributed by atoms with van der Waals surface area (Å²) in [4.78, 5) is 12.0. The van der Waals surface area contributed by atoms with Crippen molar-refractivity contribution in [2.75, 3.05) is 12.8 Å². The summed E-state index contributed by atoms with van der Waals surface area (Å²) in [7, 11) is -3.43. The number of nitrogens with one attached hydrogen (secondary N) is 1. The maximum Gasteiger partial charge on any atom is 0.255 e. The molecule has 1 fully saturated rings. The highest BCUT2D eigenvalue weighted by molar-refractivity contribution is 9.10. The van der Waals surface area contributed by atoms with Gasteiger partial charge < -0.3 is 0 Å². The molecule has 1 aromatic rings. The van der Waals surface area contributed by atoms with Gasteiger partial charge in [-0.15, -0.1) is 0 Å². The lowest BCUT2D eigenvalue weighted by Crippen LogP contribution is -2.45. The van der Waals surface area contributed by atoms with Crippen LogP contribution >= 0.6 is 15.9 Å². The lowest BCUT2D eigenvalue weighted by atomic mass is 9.95. The molecule has 0 spiro atoms. The van der Waals surface area contributed by atoms with E-state index in [-0.39, 0.29) is 12.6 Å². The molecule has 0 radical (unpaired) electrons. The number of sulfonamides is 1. The molecule has 24 heavy (non-hydrogen) atoms. The topological polar surface area (TPSA) is 78.8 Å². The van der Waals surface area contributed by atoms with Crippen molar-refractivity contribution in [2.24, 2.45) is 5.10 Å². The van der Waals surface area contributed by atoms with Crippen molar-refractivity contribution in [3.8, 4) is 0 Å². The molecule has 1 amide bonds. The van der Waals surface area contributed by atoms with E-state index in [1.165, 1.54) is 10.5 Å². The fourth-order valence-corrected chi connectivity index (χ4v) is 4.16. The van der Waals surface area contributed by atoms with Gasteiger partial charge in [-0.1, -0.05) is 47.3 Å². The van der Waals surface area contributed by atoms with Crippen molar-refractivity contribution in [1.82, 2.24) is 9.73 Å². The van der Waals surface area contributed by atoms with Gasteiger partial charge in [-0.25, -0.2) is 13.8 Å². The number of rotatable bonds is 6. The van der Waals surface area contributed by atoms with Crippen LogP contribution in [-0.4, -0.2) is 43.7 Å². The minimum Gasteiger partial charge on any atom is -0.272 e. The predicted molar refractivity (Wildman–Crippen MR) is 98.3 cm³/mol. The molecule has 6 nitrogen and oxygen atoms in total. The maximum absolute atomic E-state index is 12.0. The second-order valence-electron chi connectivity index (χ2n) is 5.94. The Morgan fingerprint density at radius 2 is 1.92 bits per heavy atom. The number of halogens is 1. The van der Waals surface area contributed by atoms with Gasteiger partial charge in [-0.05, 0) is 30.5 Å². The van der Waals surface area contributed by atoms with Crippen LogP contribution in [0, 0.1) is 0 Å². The zero-order chi connectivity index (χ0) is 17.6. The van der Waals surface area contributed by atoms with Crippen molar-refractivity contribution in [1.29, 1.82) is 0 Å². The summed E-state index contributed by atoms with van der Waals surface area (Å²) >= 11 is 3.34. The smallest absolute Gasteiger partial charge is 0.255 e. The highest BCUT2D eigenvalue weighted by Crippen LogP contribution is 2.24. The van der Waals surface area contributed by atoms with Crippen LogP contribution in [0.4, 0.5) is 0 Å². The first kappa shape index (κ1) is 19.1. The van der Waals surface area contributed by atoms with Crippen LogP contribution < -0.4 is 5.43 Å². The molecule has 1 saturated carbocycles. The summed E-state index contributed by atoms with van der Waals surface area (Å²) in [6.45, 7) is -0.193.